The molecule has 2 aliphatic carbocycles. The molecule has 0 aliphatic heterocycles. The molecule has 0 radical (unpaired) electrons. The Bertz CT molecular complexity index is 470. The van der Waals surface area contributed by atoms with Crippen molar-refractivity contribution >= 4 is 0 Å². The summed E-state index contributed by atoms with van der Waals surface area (Å²) in [5.74, 6) is 0.462. The van der Waals surface area contributed by atoms with Crippen molar-refractivity contribution in [2.24, 2.45) is 5.41 Å². The van der Waals surface area contributed by atoms with Crippen LogP contribution in [0.1, 0.15) is 51.9 Å². The van der Waals surface area contributed by atoms with Gasteiger partial charge in [0.05, 0.1) is 0 Å². The van der Waals surface area contributed by atoms with Crippen molar-refractivity contribution in [2.45, 2.75) is 64.0 Å². The molecular weight excluding hydrogens is 265 g/mol. The van der Waals surface area contributed by atoms with Crippen molar-refractivity contribution in [1.29, 1.82) is 0 Å². The summed E-state index contributed by atoms with van der Waals surface area (Å²) in [5.41, 5.74) is 0.278. The Morgan fingerprint density at radius 1 is 1.29 bits per heavy atom. The van der Waals surface area contributed by atoms with Crippen LogP contribution in [-0.2, 0) is 0 Å². The Balaban J connectivity index is 1.70. The van der Waals surface area contributed by atoms with Gasteiger partial charge in [-0.15, -0.1) is 0 Å². The molecule has 0 heterocycles. The van der Waals surface area contributed by atoms with Gasteiger partial charge in [0.2, 0.25) is 0 Å². The highest BCUT2D eigenvalue weighted by molar-refractivity contribution is 5.24. The summed E-state index contributed by atoms with van der Waals surface area (Å²) in [6.45, 7) is 3.29. The number of halogens is 1. The van der Waals surface area contributed by atoms with Crippen molar-refractivity contribution in [1.82, 2.24) is 5.32 Å². The molecule has 0 saturated heterocycles. The zero-order chi connectivity index (χ0) is 14.7. The molecule has 1 aromatic rings. The second kappa shape index (κ2) is 6.35. The number of hydrogen-bond donors (Lipinski definition) is 1. The van der Waals surface area contributed by atoms with E-state index in [1.807, 2.05) is 6.07 Å². The Labute approximate surface area is 127 Å². The lowest BCUT2D eigenvalue weighted by Gasteiger charge is -2.57. The molecule has 2 saturated carbocycles. The van der Waals surface area contributed by atoms with Crippen molar-refractivity contribution in [3.8, 4) is 5.75 Å². The lowest BCUT2D eigenvalue weighted by atomic mass is 9.55. The Morgan fingerprint density at radius 2 is 2.10 bits per heavy atom. The van der Waals surface area contributed by atoms with Crippen LogP contribution in [-0.4, -0.2) is 18.7 Å². The number of nitrogens with one attached hydrogen (secondary N) is 1. The fraction of sp³-hybridized carbons (Fsp3) is 0.667. The van der Waals surface area contributed by atoms with Crippen molar-refractivity contribution < 1.29 is 9.13 Å². The number of ether oxygens (including phenoxy) is 1. The first-order valence-electron chi connectivity index (χ1n) is 8.40. The number of rotatable bonds is 5. The maximum atomic E-state index is 13.3. The summed E-state index contributed by atoms with van der Waals surface area (Å²) in [5, 5.41) is 3.70. The van der Waals surface area contributed by atoms with Gasteiger partial charge in [0.15, 0.2) is 0 Å². The van der Waals surface area contributed by atoms with E-state index < -0.39 is 0 Å². The Morgan fingerprint density at radius 3 is 2.81 bits per heavy atom. The van der Waals surface area contributed by atoms with Gasteiger partial charge in [0, 0.05) is 23.9 Å². The van der Waals surface area contributed by atoms with Gasteiger partial charge in [-0.3, -0.25) is 0 Å². The first kappa shape index (κ1) is 14.8. The summed E-state index contributed by atoms with van der Waals surface area (Å²) in [7, 11) is 0. The average molecular weight is 291 g/mol. The van der Waals surface area contributed by atoms with Crippen LogP contribution in [0.15, 0.2) is 24.3 Å². The van der Waals surface area contributed by atoms with E-state index in [-0.39, 0.29) is 17.3 Å². The molecule has 0 amide bonds. The molecule has 3 heteroatoms. The molecule has 0 bridgehead atoms. The molecule has 1 spiro atoms. The predicted octanol–water partition coefficient (Wildman–Crippen LogP) is 4.30. The summed E-state index contributed by atoms with van der Waals surface area (Å²) in [6, 6.07) is 7.14. The topological polar surface area (TPSA) is 21.3 Å². The zero-order valence-corrected chi connectivity index (χ0v) is 12.9. The highest BCUT2D eigenvalue weighted by Gasteiger charge is 2.56. The van der Waals surface area contributed by atoms with E-state index in [0.29, 0.717) is 11.8 Å². The SMILES string of the molecule is CCCNC1CC(Oc2cccc(F)c2)C12CCCCC2. The van der Waals surface area contributed by atoms with Crippen LogP contribution in [0, 0.1) is 11.2 Å². The average Bonchev–Trinajstić information content (AvgIpc) is 2.51. The van der Waals surface area contributed by atoms with Gasteiger partial charge in [-0.05, 0) is 37.9 Å². The maximum Gasteiger partial charge on any atom is 0.126 e. The minimum atomic E-state index is -0.217. The van der Waals surface area contributed by atoms with Crippen molar-refractivity contribution in [3.05, 3.63) is 30.1 Å². The molecule has 1 aromatic carbocycles. The molecule has 2 aliphatic rings. The quantitative estimate of drug-likeness (QED) is 0.873. The third-order valence-corrected chi connectivity index (χ3v) is 5.28. The monoisotopic (exact) mass is 291 g/mol. The van der Waals surface area contributed by atoms with Gasteiger partial charge < -0.3 is 10.1 Å². The molecule has 0 aromatic heterocycles. The molecule has 1 N–H and O–H groups in total. The van der Waals surface area contributed by atoms with Crippen LogP contribution < -0.4 is 10.1 Å². The van der Waals surface area contributed by atoms with E-state index in [1.54, 1.807) is 6.07 Å². The predicted molar refractivity (Wildman–Crippen MR) is 83.0 cm³/mol. The van der Waals surface area contributed by atoms with Crippen molar-refractivity contribution in [3.63, 3.8) is 0 Å². The van der Waals surface area contributed by atoms with Crippen LogP contribution in [0.3, 0.4) is 0 Å². The third-order valence-electron chi connectivity index (χ3n) is 5.28. The first-order valence-corrected chi connectivity index (χ1v) is 8.40. The van der Waals surface area contributed by atoms with Gasteiger partial charge >= 0.3 is 0 Å². The standard InChI is InChI=1S/C18H26FNO/c1-2-11-20-16-13-17(18(16)9-4-3-5-10-18)21-15-8-6-7-14(19)12-15/h6-8,12,16-17,20H,2-5,9-11,13H2,1H3. The second-order valence-electron chi connectivity index (χ2n) is 6.60. The molecule has 21 heavy (non-hydrogen) atoms. The van der Waals surface area contributed by atoms with E-state index >= 15 is 0 Å². The molecule has 2 atom stereocenters. The molecule has 2 fully saturated rings. The Kier molecular flexibility index (Phi) is 4.48. The Hall–Kier alpha value is -1.09. The molecule has 116 valence electrons. The molecule has 2 nitrogen and oxygen atoms in total. The van der Waals surface area contributed by atoms with Gasteiger partial charge in [0.25, 0.3) is 0 Å². The van der Waals surface area contributed by atoms with E-state index in [9.17, 15) is 4.39 Å². The van der Waals surface area contributed by atoms with E-state index in [1.165, 1.54) is 50.7 Å². The molecular formula is C18H26FNO. The summed E-state index contributed by atoms with van der Waals surface area (Å²) in [6.07, 6.45) is 8.89. The van der Waals surface area contributed by atoms with E-state index in [0.717, 1.165) is 13.0 Å². The van der Waals surface area contributed by atoms with Crippen LogP contribution in [0.5, 0.6) is 5.75 Å². The maximum absolute atomic E-state index is 13.3. The normalized spacial score (nSPS) is 27.3. The van der Waals surface area contributed by atoms with Gasteiger partial charge in [0.1, 0.15) is 17.7 Å². The van der Waals surface area contributed by atoms with Crippen LogP contribution in [0.25, 0.3) is 0 Å². The van der Waals surface area contributed by atoms with Gasteiger partial charge in [-0.25, -0.2) is 4.39 Å². The van der Waals surface area contributed by atoms with E-state index in [4.69, 9.17) is 4.74 Å². The van der Waals surface area contributed by atoms with Crippen LogP contribution in [0.2, 0.25) is 0 Å². The second-order valence-corrected chi connectivity index (χ2v) is 6.60. The fourth-order valence-electron chi connectivity index (χ4n) is 4.10. The smallest absolute Gasteiger partial charge is 0.126 e. The van der Waals surface area contributed by atoms with Gasteiger partial charge in [-0.1, -0.05) is 32.3 Å². The third kappa shape index (κ3) is 2.94. The van der Waals surface area contributed by atoms with Crippen molar-refractivity contribution in [2.75, 3.05) is 6.54 Å². The minimum absolute atomic E-state index is 0.217. The lowest BCUT2D eigenvalue weighted by Crippen LogP contribution is -2.65. The number of benzene rings is 1. The largest absolute Gasteiger partial charge is 0.490 e. The number of hydrogen-bond acceptors (Lipinski definition) is 2. The van der Waals surface area contributed by atoms with E-state index in [2.05, 4.69) is 12.2 Å². The lowest BCUT2D eigenvalue weighted by molar-refractivity contribution is -0.103. The first-order chi connectivity index (χ1) is 10.2. The fourth-order valence-corrected chi connectivity index (χ4v) is 4.10. The van der Waals surface area contributed by atoms with Gasteiger partial charge in [-0.2, -0.15) is 0 Å². The van der Waals surface area contributed by atoms with Crippen LogP contribution >= 0.6 is 0 Å². The highest BCUT2D eigenvalue weighted by Crippen LogP contribution is 2.53. The molecule has 3 rings (SSSR count). The summed E-state index contributed by atoms with van der Waals surface area (Å²) < 4.78 is 19.5. The minimum Gasteiger partial charge on any atom is -0.490 e. The highest BCUT2D eigenvalue weighted by atomic mass is 19.1. The molecule has 2 unspecified atom stereocenters. The zero-order valence-electron chi connectivity index (χ0n) is 12.9. The summed E-state index contributed by atoms with van der Waals surface area (Å²) in [4.78, 5) is 0. The van der Waals surface area contributed by atoms with Crippen LogP contribution in [0.4, 0.5) is 4.39 Å². The summed E-state index contributed by atoms with van der Waals surface area (Å²) >= 11 is 0.